The van der Waals surface area contributed by atoms with Crippen molar-refractivity contribution in [3.05, 3.63) is 47.0 Å². The van der Waals surface area contributed by atoms with Crippen LogP contribution in [0.2, 0.25) is 5.02 Å². The first-order valence-corrected chi connectivity index (χ1v) is 8.90. The van der Waals surface area contributed by atoms with Crippen molar-refractivity contribution in [2.45, 2.75) is 13.3 Å². The Balaban J connectivity index is 1.77. The van der Waals surface area contributed by atoms with E-state index in [-0.39, 0.29) is 24.8 Å². The minimum absolute atomic E-state index is 0.124. The molecule has 1 aliphatic heterocycles. The number of hydrogen-bond donors (Lipinski definition) is 1. The molecule has 0 saturated carbocycles. The van der Waals surface area contributed by atoms with Crippen LogP contribution in [0.4, 0.5) is 11.4 Å². The van der Waals surface area contributed by atoms with Gasteiger partial charge in [-0.2, -0.15) is 0 Å². The van der Waals surface area contributed by atoms with Crippen LogP contribution in [0, 0.1) is 12.8 Å². The van der Waals surface area contributed by atoms with E-state index in [2.05, 4.69) is 5.32 Å². The number of hydrogen-bond acceptors (Lipinski definition) is 4. The minimum atomic E-state index is -0.454. The van der Waals surface area contributed by atoms with Gasteiger partial charge in [-0.3, -0.25) is 9.59 Å². The number of amides is 2. The fraction of sp³-hybridized carbons (Fsp3) is 0.300. The summed E-state index contributed by atoms with van der Waals surface area (Å²) in [5, 5.41) is 3.41. The second-order valence-electron chi connectivity index (χ2n) is 6.40. The molecule has 1 N–H and O–H groups in total. The van der Waals surface area contributed by atoms with E-state index in [0.29, 0.717) is 27.9 Å². The van der Waals surface area contributed by atoms with E-state index in [1.807, 2.05) is 6.92 Å². The Morgan fingerprint density at radius 2 is 2.00 bits per heavy atom. The molecule has 27 heavy (non-hydrogen) atoms. The standard InChI is InChI=1S/C20H21ClN2O4/c1-12-7-17(18(27-3)10-16(12)21)23-11-13(8-19(23)24)20(25)22-14-5-4-6-15(9-14)26-2/h4-7,9-10,13H,8,11H2,1-3H3,(H,22,25). The number of carbonyl (C=O) groups excluding carboxylic acids is 2. The highest BCUT2D eigenvalue weighted by Gasteiger charge is 2.36. The predicted molar refractivity (Wildman–Crippen MR) is 105 cm³/mol. The summed E-state index contributed by atoms with van der Waals surface area (Å²) in [7, 11) is 3.09. The van der Waals surface area contributed by atoms with Crippen LogP contribution in [-0.2, 0) is 9.59 Å². The molecular formula is C20H21ClN2O4. The quantitative estimate of drug-likeness (QED) is 0.848. The van der Waals surface area contributed by atoms with Crippen molar-refractivity contribution in [3.8, 4) is 11.5 Å². The summed E-state index contributed by atoms with van der Waals surface area (Å²) in [6, 6.07) is 10.6. The van der Waals surface area contributed by atoms with Crippen LogP contribution in [0.1, 0.15) is 12.0 Å². The second-order valence-corrected chi connectivity index (χ2v) is 6.81. The Morgan fingerprint density at radius 1 is 1.22 bits per heavy atom. The highest BCUT2D eigenvalue weighted by molar-refractivity contribution is 6.31. The van der Waals surface area contributed by atoms with Crippen LogP contribution in [-0.4, -0.2) is 32.6 Å². The van der Waals surface area contributed by atoms with Gasteiger partial charge in [0.2, 0.25) is 11.8 Å². The predicted octanol–water partition coefficient (Wildman–Crippen LogP) is 3.66. The zero-order valence-corrected chi connectivity index (χ0v) is 16.2. The number of rotatable bonds is 5. The lowest BCUT2D eigenvalue weighted by molar-refractivity contribution is -0.122. The van der Waals surface area contributed by atoms with Crippen LogP contribution in [0.3, 0.4) is 0 Å². The van der Waals surface area contributed by atoms with E-state index in [9.17, 15) is 9.59 Å². The number of ether oxygens (including phenoxy) is 2. The third kappa shape index (κ3) is 4.01. The van der Waals surface area contributed by atoms with Gasteiger partial charge in [-0.05, 0) is 30.7 Å². The first-order valence-electron chi connectivity index (χ1n) is 8.52. The molecule has 1 fully saturated rings. The SMILES string of the molecule is COc1cccc(NC(=O)C2CC(=O)N(c3cc(C)c(Cl)cc3OC)C2)c1. The Labute approximate surface area is 163 Å². The Hall–Kier alpha value is -2.73. The summed E-state index contributed by atoms with van der Waals surface area (Å²) in [6.45, 7) is 2.14. The number of aryl methyl sites for hydroxylation is 1. The Bertz CT molecular complexity index is 884. The molecule has 6 nitrogen and oxygen atoms in total. The van der Waals surface area contributed by atoms with Gasteiger partial charge in [0, 0.05) is 35.8 Å². The molecule has 0 bridgehead atoms. The van der Waals surface area contributed by atoms with Gasteiger partial charge in [-0.25, -0.2) is 0 Å². The fourth-order valence-electron chi connectivity index (χ4n) is 3.08. The average Bonchev–Trinajstić information content (AvgIpc) is 3.05. The lowest BCUT2D eigenvalue weighted by atomic mass is 10.1. The number of benzene rings is 2. The molecule has 7 heteroatoms. The van der Waals surface area contributed by atoms with E-state index in [1.54, 1.807) is 48.4 Å². The van der Waals surface area contributed by atoms with E-state index >= 15 is 0 Å². The molecule has 0 aliphatic carbocycles. The second kappa shape index (κ2) is 7.88. The fourth-order valence-corrected chi connectivity index (χ4v) is 3.24. The Kier molecular flexibility index (Phi) is 5.56. The molecule has 142 valence electrons. The van der Waals surface area contributed by atoms with Crippen molar-refractivity contribution in [3.63, 3.8) is 0 Å². The molecule has 0 spiro atoms. The smallest absolute Gasteiger partial charge is 0.229 e. The average molecular weight is 389 g/mol. The van der Waals surface area contributed by atoms with Gasteiger partial charge >= 0.3 is 0 Å². The van der Waals surface area contributed by atoms with E-state index in [1.165, 1.54) is 7.11 Å². The van der Waals surface area contributed by atoms with Crippen molar-refractivity contribution < 1.29 is 19.1 Å². The van der Waals surface area contributed by atoms with Crippen LogP contribution in [0.25, 0.3) is 0 Å². The van der Waals surface area contributed by atoms with Crippen molar-refractivity contribution in [1.29, 1.82) is 0 Å². The number of carbonyl (C=O) groups is 2. The van der Waals surface area contributed by atoms with Crippen molar-refractivity contribution >= 4 is 34.8 Å². The summed E-state index contributed by atoms with van der Waals surface area (Å²) in [6.07, 6.45) is 0.140. The van der Waals surface area contributed by atoms with Crippen LogP contribution in [0.15, 0.2) is 36.4 Å². The maximum Gasteiger partial charge on any atom is 0.229 e. The molecular weight excluding hydrogens is 368 g/mol. The molecule has 2 aromatic carbocycles. The Morgan fingerprint density at radius 3 is 2.70 bits per heavy atom. The number of methoxy groups -OCH3 is 2. The summed E-state index contributed by atoms with van der Waals surface area (Å²) in [5.74, 6) is 0.375. The molecule has 1 atom stereocenters. The maximum absolute atomic E-state index is 12.6. The largest absolute Gasteiger partial charge is 0.497 e. The zero-order valence-electron chi connectivity index (χ0n) is 15.4. The highest BCUT2D eigenvalue weighted by atomic mass is 35.5. The summed E-state index contributed by atoms with van der Waals surface area (Å²) in [4.78, 5) is 26.8. The van der Waals surface area contributed by atoms with Crippen LogP contribution >= 0.6 is 11.6 Å². The van der Waals surface area contributed by atoms with Gasteiger partial charge in [0.1, 0.15) is 11.5 Å². The zero-order chi connectivity index (χ0) is 19.6. The monoisotopic (exact) mass is 388 g/mol. The minimum Gasteiger partial charge on any atom is -0.497 e. The first kappa shape index (κ1) is 19.0. The van der Waals surface area contributed by atoms with Crippen LogP contribution in [0.5, 0.6) is 11.5 Å². The molecule has 1 saturated heterocycles. The molecule has 2 amide bonds. The van der Waals surface area contributed by atoms with E-state index in [4.69, 9.17) is 21.1 Å². The lowest BCUT2D eigenvalue weighted by Crippen LogP contribution is -2.28. The van der Waals surface area contributed by atoms with E-state index < -0.39 is 5.92 Å². The number of anilines is 2. The number of nitrogens with one attached hydrogen (secondary N) is 1. The van der Waals surface area contributed by atoms with Crippen molar-refractivity contribution in [2.75, 3.05) is 31.0 Å². The van der Waals surface area contributed by atoms with Gasteiger partial charge in [-0.1, -0.05) is 17.7 Å². The van der Waals surface area contributed by atoms with Gasteiger partial charge in [0.15, 0.2) is 0 Å². The third-order valence-electron chi connectivity index (χ3n) is 4.58. The highest BCUT2D eigenvalue weighted by Crippen LogP contribution is 2.37. The lowest BCUT2D eigenvalue weighted by Gasteiger charge is -2.20. The third-order valence-corrected chi connectivity index (χ3v) is 4.99. The molecule has 0 radical (unpaired) electrons. The number of nitrogens with zero attached hydrogens (tertiary/aromatic N) is 1. The topological polar surface area (TPSA) is 67.9 Å². The summed E-state index contributed by atoms with van der Waals surface area (Å²) >= 11 is 6.14. The molecule has 2 aromatic rings. The van der Waals surface area contributed by atoms with Crippen molar-refractivity contribution in [1.82, 2.24) is 0 Å². The van der Waals surface area contributed by atoms with Gasteiger partial charge in [-0.15, -0.1) is 0 Å². The van der Waals surface area contributed by atoms with Crippen LogP contribution < -0.4 is 19.7 Å². The normalized spacial score (nSPS) is 16.4. The number of halogens is 1. The first-order chi connectivity index (χ1) is 12.9. The summed E-state index contributed by atoms with van der Waals surface area (Å²) in [5.41, 5.74) is 2.09. The van der Waals surface area contributed by atoms with Gasteiger partial charge in [0.05, 0.1) is 25.8 Å². The molecule has 1 aliphatic rings. The maximum atomic E-state index is 12.6. The van der Waals surface area contributed by atoms with Crippen molar-refractivity contribution in [2.24, 2.45) is 5.92 Å². The van der Waals surface area contributed by atoms with E-state index in [0.717, 1.165) is 5.56 Å². The van der Waals surface area contributed by atoms with Gasteiger partial charge in [0.25, 0.3) is 0 Å². The molecule has 3 rings (SSSR count). The molecule has 1 heterocycles. The summed E-state index contributed by atoms with van der Waals surface area (Å²) < 4.78 is 10.5. The van der Waals surface area contributed by atoms with Gasteiger partial charge < -0.3 is 19.7 Å². The molecule has 1 unspecified atom stereocenters. The molecule has 0 aromatic heterocycles.